The highest BCUT2D eigenvalue weighted by molar-refractivity contribution is 6.42. The van der Waals surface area contributed by atoms with Gasteiger partial charge in [0.05, 0.1) is 21.8 Å². The van der Waals surface area contributed by atoms with Crippen LogP contribution >= 0.6 is 23.2 Å². The normalized spacial score (nSPS) is 11.2. The summed E-state index contributed by atoms with van der Waals surface area (Å²) < 4.78 is 12.9. The molecular weight excluding hydrogens is 375 g/mol. The highest BCUT2D eigenvalue weighted by Gasteiger charge is 2.10. The van der Waals surface area contributed by atoms with Crippen LogP contribution in [0.5, 0.6) is 5.75 Å². The summed E-state index contributed by atoms with van der Waals surface area (Å²) >= 11 is 11.8. The molecule has 0 aliphatic carbocycles. The molecule has 0 aliphatic rings. The average Bonchev–Trinajstić information content (AvgIpc) is 3.21. The second-order valence-corrected chi connectivity index (χ2v) is 6.45. The zero-order valence-corrected chi connectivity index (χ0v) is 15.7. The van der Waals surface area contributed by atoms with E-state index in [1.54, 1.807) is 54.3 Å². The Bertz CT molecular complexity index is 973. The van der Waals surface area contributed by atoms with Crippen molar-refractivity contribution in [2.24, 2.45) is 7.05 Å². The van der Waals surface area contributed by atoms with Crippen LogP contribution < -0.4 is 4.74 Å². The molecule has 5 nitrogen and oxygen atoms in total. The van der Waals surface area contributed by atoms with E-state index >= 15 is 0 Å². The number of aryl methyl sites for hydroxylation is 1. The van der Waals surface area contributed by atoms with E-state index in [-0.39, 0.29) is 12.4 Å². The lowest BCUT2D eigenvalue weighted by molar-refractivity contribution is 0.104. The number of halogens is 2. The molecule has 2 aromatic heterocycles. The number of aromatic nitrogens is 2. The average molecular weight is 391 g/mol. The van der Waals surface area contributed by atoms with Crippen molar-refractivity contribution < 1.29 is 13.9 Å². The maximum atomic E-state index is 12.2. The third-order valence-electron chi connectivity index (χ3n) is 3.85. The highest BCUT2D eigenvalue weighted by atomic mass is 35.5. The second kappa shape index (κ2) is 7.81. The molecule has 0 saturated heterocycles. The number of nitrogens with zero attached hydrogens (tertiary/aromatic N) is 2. The number of carbonyl (C=O) groups is 1. The van der Waals surface area contributed by atoms with Gasteiger partial charge in [-0.25, -0.2) is 0 Å². The number of benzene rings is 1. The van der Waals surface area contributed by atoms with Gasteiger partial charge in [0.1, 0.15) is 23.9 Å². The van der Waals surface area contributed by atoms with E-state index in [9.17, 15) is 4.79 Å². The summed E-state index contributed by atoms with van der Waals surface area (Å²) in [6.07, 6.45) is 4.64. The summed E-state index contributed by atoms with van der Waals surface area (Å²) in [5.41, 5.74) is 1.38. The number of ether oxygens (including phenoxy) is 1. The van der Waals surface area contributed by atoms with Crippen molar-refractivity contribution >= 4 is 35.1 Å². The molecule has 1 aromatic carbocycles. The van der Waals surface area contributed by atoms with Crippen molar-refractivity contribution in [2.45, 2.75) is 13.5 Å². The fourth-order valence-corrected chi connectivity index (χ4v) is 2.56. The molecule has 0 N–H and O–H groups in total. The lowest BCUT2D eigenvalue weighted by Gasteiger charge is -2.05. The van der Waals surface area contributed by atoms with E-state index in [4.69, 9.17) is 32.4 Å². The van der Waals surface area contributed by atoms with Crippen molar-refractivity contribution in [3.05, 3.63) is 75.4 Å². The van der Waals surface area contributed by atoms with Crippen LogP contribution in [-0.2, 0) is 13.7 Å². The lowest BCUT2D eigenvalue weighted by Crippen LogP contribution is -1.98. The SMILES string of the molecule is Cc1c(C(=O)/C=C/c2ccc(COc3ccc(Cl)c(Cl)c3)o2)cnn1C. The van der Waals surface area contributed by atoms with Gasteiger partial charge in [-0.1, -0.05) is 23.2 Å². The van der Waals surface area contributed by atoms with Crippen molar-refractivity contribution in [1.82, 2.24) is 9.78 Å². The monoisotopic (exact) mass is 390 g/mol. The van der Waals surface area contributed by atoms with Crippen LogP contribution in [0.15, 0.2) is 47.0 Å². The van der Waals surface area contributed by atoms with Crippen LogP contribution in [0.2, 0.25) is 10.0 Å². The third kappa shape index (κ3) is 4.18. The van der Waals surface area contributed by atoms with Gasteiger partial charge in [0.15, 0.2) is 5.78 Å². The Morgan fingerprint density at radius 2 is 2.08 bits per heavy atom. The molecule has 134 valence electrons. The number of hydrogen-bond acceptors (Lipinski definition) is 4. The number of carbonyl (C=O) groups excluding carboxylic acids is 1. The maximum Gasteiger partial charge on any atom is 0.189 e. The van der Waals surface area contributed by atoms with Gasteiger partial charge in [0.25, 0.3) is 0 Å². The first-order valence-corrected chi connectivity index (χ1v) is 8.57. The third-order valence-corrected chi connectivity index (χ3v) is 4.59. The van der Waals surface area contributed by atoms with E-state index in [2.05, 4.69) is 5.10 Å². The van der Waals surface area contributed by atoms with E-state index in [1.165, 1.54) is 6.08 Å². The summed E-state index contributed by atoms with van der Waals surface area (Å²) in [4.78, 5) is 12.2. The first-order valence-electron chi connectivity index (χ1n) is 7.81. The Hall–Kier alpha value is -2.50. The fourth-order valence-electron chi connectivity index (χ4n) is 2.27. The van der Waals surface area contributed by atoms with Crippen molar-refractivity contribution in [3.63, 3.8) is 0 Å². The molecule has 7 heteroatoms. The number of furan rings is 1. The van der Waals surface area contributed by atoms with Gasteiger partial charge in [0.2, 0.25) is 0 Å². The zero-order chi connectivity index (χ0) is 18.7. The van der Waals surface area contributed by atoms with Gasteiger partial charge in [-0.2, -0.15) is 5.10 Å². The first kappa shape index (κ1) is 18.3. The van der Waals surface area contributed by atoms with E-state index in [0.717, 1.165) is 5.69 Å². The van der Waals surface area contributed by atoms with Gasteiger partial charge in [-0.3, -0.25) is 9.48 Å². The number of ketones is 1. The van der Waals surface area contributed by atoms with Crippen LogP contribution in [0.1, 0.15) is 27.6 Å². The molecule has 0 unspecified atom stereocenters. The highest BCUT2D eigenvalue weighted by Crippen LogP contribution is 2.27. The predicted molar refractivity (Wildman–Crippen MR) is 101 cm³/mol. The zero-order valence-electron chi connectivity index (χ0n) is 14.2. The van der Waals surface area contributed by atoms with Gasteiger partial charge < -0.3 is 9.15 Å². The molecule has 0 radical (unpaired) electrons. The maximum absolute atomic E-state index is 12.2. The van der Waals surface area contributed by atoms with E-state index in [0.29, 0.717) is 32.9 Å². The Labute approximate surface area is 160 Å². The smallest absolute Gasteiger partial charge is 0.189 e. The summed E-state index contributed by atoms with van der Waals surface area (Å²) in [6.45, 7) is 2.08. The molecule has 0 fully saturated rings. The van der Waals surface area contributed by atoms with Crippen molar-refractivity contribution in [3.8, 4) is 5.75 Å². The Morgan fingerprint density at radius 3 is 2.77 bits per heavy atom. The Morgan fingerprint density at radius 1 is 1.27 bits per heavy atom. The minimum Gasteiger partial charge on any atom is -0.486 e. The fraction of sp³-hybridized carbons (Fsp3) is 0.158. The minimum absolute atomic E-state index is 0.124. The van der Waals surface area contributed by atoms with Gasteiger partial charge in [0, 0.05) is 18.8 Å². The molecule has 0 bridgehead atoms. The summed E-state index contributed by atoms with van der Waals surface area (Å²) in [7, 11) is 1.79. The number of rotatable bonds is 6. The van der Waals surface area contributed by atoms with E-state index < -0.39 is 0 Å². The summed E-state index contributed by atoms with van der Waals surface area (Å²) in [5.74, 6) is 1.66. The van der Waals surface area contributed by atoms with Crippen LogP contribution in [0, 0.1) is 6.92 Å². The lowest BCUT2D eigenvalue weighted by atomic mass is 10.1. The first-order chi connectivity index (χ1) is 12.4. The molecule has 3 rings (SSSR count). The molecule has 0 amide bonds. The van der Waals surface area contributed by atoms with Crippen LogP contribution in [0.3, 0.4) is 0 Å². The Kier molecular flexibility index (Phi) is 5.49. The molecule has 26 heavy (non-hydrogen) atoms. The largest absolute Gasteiger partial charge is 0.486 e. The second-order valence-electron chi connectivity index (χ2n) is 5.63. The quantitative estimate of drug-likeness (QED) is 0.433. The van der Waals surface area contributed by atoms with Gasteiger partial charge >= 0.3 is 0 Å². The molecular formula is C19H16Cl2N2O3. The molecule has 0 aliphatic heterocycles. The molecule has 2 heterocycles. The van der Waals surface area contributed by atoms with Crippen molar-refractivity contribution in [1.29, 1.82) is 0 Å². The van der Waals surface area contributed by atoms with Crippen LogP contribution in [0.25, 0.3) is 6.08 Å². The predicted octanol–water partition coefficient (Wildman–Crippen LogP) is 5.10. The Balaban J connectivity index is 1.61. The molecule has 3 aromatic rings. The number of allylic oxidation sites excluding steroid dienone is 1. The van der Waals surface area contributed by atoms with Crippen molar-refractivity contribution in [2.75, 3.05) is 0 Å². The summed E-state index contributed by atoms with van der Waals surface area (Å²) in [5, 5.41) is 4.96. The van der Waals surface area contributed by atoms with Gasteiger partial charge in [-0.05, 0) is 43.3 Å². The molecule has 0 saturated carbocycles. The standard InChI is InChI=1S/C19H16Cl2N2O3/c1-12-16(10-22-23(12)2)19(24)8-6-13-3-4-15(26-13)11-25-14-5-7-17(20)18(21)9-14/h3-10H,11H2,1-2H3/b8-6+. The molecule has 0 spiro atoms. The topological polar surface area (TPSA) is 57.3 Å². The van der Waals surface area contributed by atoms with Crippen LogP contribution in [-0.4, -0.2) is 15.6 Å². The van der Waals surface area contributed by atoms with Gasteiger partial charge in [-0.15, -0.1) is 0 Å². The van der Waals surface area contributed by atoms with Crippen LogP contribution in [0.4, 0.5) is 0 Å². The van der Waals surface area contributed by atoms with E-state index in [1.807, 2.05) is 6.92 Å². The summed E-state index contributed by atoms with van der Waals surface area (Å²) in [6, 6.07) is 8.60. The number of hydrogen-bond donors (Lipinski definition) is 0. The minimum atomic E-state index is -0.124. The molecule has 0 atom stereocenters.